The maximum Gasteiger partial charge on any atom is 0.315 e. The van der Waals surface area contributed by atoms with Gasteiger partial charge in [0.2, 0.25) is 0 Å². The molecule has 1 fully saturated rings. The van der Waals surface area contributed by atoms with Crippen molar-refractivity contribution in [2.24, 2.45) is 0 Å². The van der Waals surface area contributed by atoms with E-state index < -0.39 is 17.7 Å². The summed E-state index contributed by atoms with van der Waals surface area (Å²) in [6, 6.07) is 3.31. The fraction of sp³-hybridized carbons (Fsp3) is 0.438. The molecule has 3 rings (SSSR count). The van der Waals surface area contributed by atoms with Crippen LogP contribution >= 0.6 is 0 Å². The Balaban J connectivity index is 1.62. The van der Waals surface area contributed by atoms with Gasteiger partial charge in [0.15, 0.2) is 11.6 Å². The minimum atomic E-state index is -0.909. The molecule has 1 aliphatic carbocycles. The molecule has 2 N–H and O–H groups in total. The van der Waals surface area contributed by atoms with E-state index in [4.69, 9.17) is 4.74 Å². The van der Waals surface area contributed by atoms with E-state index in [1.165, 1.54) is 6.07 Å². The number of hydrogen-bond acceptors (Lipinski definition) is 2. The third-order valence-electron chi connectivity index (χ3n) is 4.02. The second kappa shape index (κ2) is 6.44. The first kappa shape index (κ1) is 15.0. The lowest BCUT2D eigenvalue weighted by Crippen LogP contribution is -2.46. The summed E-state index contributed by atoms with van der Waals surface area (Å²) < 4.78 is 31.9. The Kier molecular flexibility index (Phi) is 4.38. The van der Waals surface area contributed by atoms with Crippen LogP contribution in [0.4, 0.5) is 13.6 Å². The van der Waals surface area contributed by atoms with Crippen molar-refractivity contribution in [2.75, 3.05) is 6.61 Å². The van der Waals surface area contributed by atoms with Gasteiger partial charge in [-0.2, -0.15) is 0 Å². The second-order valence-corrected chi connectivity index (χ2v) is 5.62. The number of amides is 2. The van der Waals surface area contributed by atoms with Crippen LogP contribution in [-0.2, 0) is 4.74 Å². The van der Waals surface area contributed by atoms with Crippen molar-refractivity contribution in [3.63, 3.8) is 0 Å². The first-order chi connectivity index (χ1) is 10.6. The van der Waals surface area contributed by atoms with Crippen molar-refractivity contribution in [3.05, 3.63) is 47.5 Å². The Morgan fingerprint density at radius 2 is 1.91 bits per heavy atom. The Hall–Kier alpha value is -1.95. The number of rotatable bonds is 3. The average Bonchev–Trinajstić information content (AvgIpc) is 3.13. The molecule has 2 amide bonds. The van der Waals surface area contributed by atoms with Gasteiger partial charge in [0.1, 0.15) is 6.10 Å². The number of nitrogens with one attached hydrogen (secondary N) is 2. The van der Waals surface area contributed by atoms with Gasteiger partial charge in [-0.1, -0.05) is 18.2 Å². The van der Waals surface area contributed by atoms with Crippen LogP contribution in [0.2, 0.25) is 0 Å². The Labute approximate surface area is 127 Å². The molecule has 6 heteroatoms. The molecular formula is C16H18F2N2O2. The molecule has 1 saturated heterocycles. The van der Waals surface area contributed by atoms with E-state index in [1.54, 1.807) is 0 Å². The molecule has 1 aromatic carbocycles. The second-order valence-electron chi connectivity index (χ2n) is 5.62. The fourth-order valence-corrected chi connectivity index (χ4v) is 2.89. The number of benzene rings is 1. The standard InChI is InChI=1S/C16H18F2N2O2/c17-12-6-5-10(9-13(12)18)15-14(7-8-22-15)20-16(21)19-11-3-1-2-4-11/h1-2,5-6,9,11,14-15H,3-4,7-8H2,(H2,19,20,21)/t14-,15-/m0/s1. The number of carbonyl (C=O) groups is 1. The molecule has 4 nitrogen and oxygen atoms in total. The predicted molar refractivity (Wildman–Crippen MR) is 77.3 cm³/mol. The van der Waals surface area contributed by atoms with Crippen LogP contribution in [0.1, 0.15) is 30.9 Å². The van der Waals surface area contributed by atoms with E-state index in [1.807, 2.05) is 12.2 Å². The van der Waals surface area contributed by atoms with Gasteiger partial charge in [-0.25, -0.2) is 13.6 Å². The number of urea groups is 1. The molecule has 2 aliphatic rings. The molecule has 1 aliphatic heterocycles. The molecule has 2 atom stereocenters. The molecule has 0 bridgehead atoms. The number of carbonyl (C=O) groups excluding carboxylic acids is 1. The smallest absolute Gasteiger partial charge is 0.315 e. The zero-order chi connectivity index (χ0) is 15.5. The predicted octanol–water partition coefficient (Wildman–Crippen LogP) is 2.81. The first-order valence-electron chi connectivity index (χ1n) is 7.42. The molecule has 1 heterocycles. The summed E-state index contributed by atoms with van der Waals surface area (Å²) in [5, 5.41) is 5.77. The lowest BCUT2D eigenvalue weighted by molar-refractivity contribution is 0.0994. The van der Waals surface area contributed by atoms with Crippen molar-refractivity contribution in [1.82, 2.24) is 10.6 Å². The Bertz CT molecular complexity index is 584. The van der Waals surface area contributed by atoms with E-state index in [0.717, 1.165) is 25.0 Å². The van der Waals surface area contributed by atoms with Gasteiger partial charge in [0.25, 0.3) is 0 Å². The molecule has 22 heavy (non-hydrogen) atoms. The van der Waals surface area contributed by atoms with Gasteiger partial charge in [-0.15, -0.1) is 0 Å². The van der Waals surface area contributed by atoms with Crippen LogP contribution < -0.4 is 10.6 Å². The summed E-state index contributed by atoms with van der Waals surface area (Å²) in [6.07, 6.45) is 5.92. The van der Waals surface area contributed by atoms with Crippen molar-refractivity contribution >= 4 is 6.03 Å². The summed E-state index contributed by atoms with van der Waals surface area (Å²) in [7, 11) is 0. The highest BCUT2D eigenvalue weighted by Gasteiger charge is 2.31. The van der Waals surface area contributed by atoms with Crippen LogP contribution in [0.25, 0.3) is 0 Å². The first-order valence-corrected chi connectivity index (χ1v) is 7.42. The Morgan fingerprint density at radius 1 is 1.14 bits per heavy atom. The molecule has 118 valence electrons. The maximum absolute atomic E-state index is 13.4. The average molecular weight is 308 g/mol. The van der Waals surface area contributed by atoms with Crippen LogP contribution in [0.5, 0.6) is 0 Å². The highest BCUT2D eigenvalue weighted by atomic mass is 19.2. The minimum Gasteiger partial charge on any atom is -0.371 e. The van der Waals surface area contributed by atoms with Crippen LogP contribution in [0, 0.1) is 11.6 Å². The normalized spacial score (nSPS) is 24.6. The fourth-order valence-electron chi connectivity index (χ4n) is 2.89. The summed E-state index contributed by atoms with van der Waals surface area (Å²) in [4.78, 5) is 12.0. The lowest BCUT2D eigenvalue weighted by atomic mass is 10.0. The van der Waals surface area contributed by atoms with Gasteiger partial charge in [-0.3, -0.25) is 0 Å². The molecule has 0 unspecified atom stereocenters. The van der Waals surface area contributed by atoms with Crippen molar-refractivity contribution in [3.8, 4) is 0 Å². The van der Waals surface area contributed by atoms with Gasteiger partial charge < -0.3 is 15.4 Å². The molecule has 0 radical (unpaired) electrons. The summed E-state index contributed by atoms with van der Waals surface area (Å²) >= 11 is 0. The van der Waals surface area contributed by atoms with Gasteiger partial charge in [0.05, 0.1) is 6.04 Å². The maximum atomic E-state index is 13.4. The minimum absolute atomic E-state index is 0.129. The van der Waals surface area contributed by atoms with E-state index in [9.17, 15) is 13.6 Å². The zero-order valence-electron chi connectivity index (χ0n) is 12.0. The van der Waals surface area contributed by atoms with Crippen molar-refractivity contribution in [1.29, 1.82) is 0 Å². The highest BCUT2D eigenvalue weighted by molar-refractivity contribution is 5.74. The van der Waals surface area contributed by atoms with Crippen molar-refractivity contribution in [2.45, 2.75) is 37.5 Å². The van der Waals surface area contributed by atoms with Crippen LogP contribution in [0.15, 0.2) is 30.4 Å². The number of halogens is 2. The van der Waals surface area contributed by atoms with Crippen LogP contribution in [-0.4, -0.2) is 24.7 Å². The van der Waals surface area contributed by atoms with Crippen molar-refractivity contribution < 1.29 is 18.3 Å². The SMILES string of the molecule is O=C(NC1CC=CC1)N[C@H]1CCO[C@H]1c1ccc(F)c(F)c1. The summed E-state index contributed by atoms with van der Waals surface area (Å²) in [5.41, 5.74) is 0.532. The van der Waals surface area contributed by atoms with E-state index >= 15 is 0 Å². The molecule has 0 spiro atoms. The quantitative estimate of drug-likeness (QED) is 0.844. The summed E-state index contributed by atoms with van der Waals surface area (Å²) in [6.45, 7) is 0.472. The monoisotopic (exact) mass is 308 g/mol. The number of hydrogen-bond donors (Lipinski definition) is 2. The summed E-state index contributed by atoms with van der Waals surface area (Å²) in [5.74, 6) is -1.80. The van der Waals surface area contributed by atoms with Crippen LogP contribution in [0.3, 0.4) is 0 Å². The topological polar surface area (TPSA) is 50.4 Å². The lowest BCUT2D eigenvalue weighted by Gasteiger charge is -2.22. The Morgan fingerprint density at radius 3 is 2.64 bits per heavy atom. The largest absolute Gasteiger partial charge is 0.371 e. The zero-order valence-corrected chi connectivity index (χ0v) is 12.0. The van der Waals surface area contributed by atoms with E-state index in [-0.39, 0.29) is 18.1 Å². The van der Waals surface area contributed by atoms with Gasteiger partial charge >= 0.3 is 6.03 Å². The van der Waals surface area contributed by atoms with E-state index in [0.29, 0.717) is 18.6 Å². The molecule has 0 saturated carbocycles. The third-order valence-corrected chi connectivity index (χ3v) is 4.02. The molecule has 0 aromatic heterocycles. The number of ether oxygens (including phenoxy) is 1. The third kappa shape index (κ3) is 3.27. The van der Waals surface area contributed by atoms with Gasteiger partial charge in [-0.05, 0) is 37.0 Å². The molecule has 1 aromatic rings. The molecular weight excluding hydrogens is 290 g/mol. The van der Waals surface area contributed by atoms with E-state index in [2.05, 4.69) is 10.6 Å². The van der Waals surface area contributed by atoms with Gasteiger partial charge in [0, 0.05) is 12.6 Å². The highest BCUT2D eigenvalue weighted by Crippen LogP contribution is 2.30.